The van der Waals surface area contributed by atoms with Gasteiger partial charge >= 0.3 is 0 Å². The van der Waals surface area contributed by atoms with Crippen molar-refractivity contribution in [2.45, 2.75) is 71.8 Å². The van der Waals surface area contributed by atoms with Gasteiger partial charge in [0.05, 0.1) is 11.0 Å². The Labute approximate surface area is 172 Å². The average molecular weight is 396 g/mol. The van der Waals surface area contributed by atoms with Gasteiger partial charge in [-0.1, -0.05) is 64.5 Å². The van der Waals surface area contributed by atoms with E-state index >= 15 is 0 Å². The van der Waals surface area contributed by atoms with Gasteiger partial charge in [0.2, 0.25) is 0 Å². The van der Waals surface area contributed by atoms with Crippen molar-refractivity contribution < 1.29 is 4.79 Å². The van der Waals surface area contributed by atoms with Crippen LogP contribution in [-0.2, 0) is 6.54 Å². The first-order valence-corrected chi connectivity index (χ1v) is 11.0. The van der Waals surface area contributed by atoms with Gasteiger partial charge in [-0.05, 0) is 25.0 Å². The maximum absolute atomic E-state index is 13.0. The summed E-state index contributed by atoms with van der Waals surface area (Å²) in [7, 11) is 0. The molecule has 0 fully saturated rings. The Balaban J connectivity index is 1.93. The number of nitrogen functional groups attached to an aromatic ring is 1. The third-order valence-corrected chi connectivity index (χ3v) is 5.37. The van der Waals surface area contributed by atoms with E-state index in [1.165, 1.54) is 25.7 Å². The maximum atomic E-state index is 13.0. The lowest BCUT2D eigenvalue weighted by Gasteiger charge is -2.08. The van der Waals surface area contributed by atoms with E-state index in [1.54, 1.807) is 0 Å². The van der Waals surface area contributed by atoms with Crippen molar-refractivity contribution >= 4 is 33.9 Å². The number of carbonyl (C=O) groups excluding carboxylic acids is 1. The van der Waals surface area contributed by atoms with Gasteiger partial charge in [0.15, 0.2) is 5.65 Å². The number of amides is 1. The molecule has 0 aliphatic heterocycles. The molecular formula is C23H33N5O. The molecule has 6 nitrogen and oxygen atoms in total. The quantitative estimate of drug-likeness (QED) is 0.445. The summed E-state index contributed by atoms with van der Waals surface area (Å²) >= 11 is 0. The normalized spacial score (nSPS) is 11.4. The minimum absolute atomic E-state index is 0.152. The molecule has 6 heteroatoms. The molecule has 1 aromatic carbocycles. The number of hydrogen-bond donors (Lipinski definition) is 2. The zero-order valence-electron chi connectivity index (χ0n) is 17.7. The van der Waals surface area contributed by atoms with E-state index in [1.807, 2.05) is 28.8 Å². The summed E-state index contributed by atoms with van der Waals surface area (Å²) in [5.41, 5.74) is 9.83. The number of nitrogens with one attached hydrogen (secondary N) is 1. The standard InChI is InChI=1S/C23H33N5O/c1-3-5-7-11-15-25-23(29)19-20-22(27-18-14-10-9-13-17(18)26-20)28(21(19)24)16-12-8-6-4-2/h9-10,13-14H,3-8,11-12,15-16,24H2,1-2H3,(H,25,29). The maximum Gasteiger partial charge on any atom is 0.257 e. The molecule has 1 amide bonds. The molecular weight excluding hydrogens is 362 g/mol. The molecule has 3 rings (SSSR count). The van der Waals surface area contributed by atoms with Gasteiger partial charge in [0.25, 0.3) is 5.91 Å². The summed E-state index contributed by atoms with van der Waals surface area (Å²) in [4.78, 5) is 22.5. The highest BCUT2D eigenvalue weighted by Gasteiger charge is 2.23. The molecule has 156 valence electrons. The number of aromatic nitrogens is 3. The fourth-order valence-electron chi connectivity index (χ4n) is 3.71. The van der Waals surface area contributed by atoms with Crippen LogP contribution in [0.1, 0.15) is 75.6 Å². The minimum atomic E-state index is -0.152. The summed E-state index contributed by atoms with van der Waals surface area (Å²) < 4.78 is 1.97. The van der Waals surface area contributed by atoms with Crippen LogP contribution in [0.4, 0.5) is 5.82 Å². The van der Waals surface area contributed by atoms with Gasteiger partial charge in [0, 0.05) is 13.1 Å². The fourth-order valence-corrected chi connectivity index (χ4v) is 3.71. The number of nitrogens with two attached hydrogens (primary N) is 1. The topological polar surface area (TPSA) is 85.8 Å². The first-order chi connectivity index (χ1) is 14.2. The molecule has 0 bridgehead atoms. The molecule has 0 saturated heterocycles. The predicted octanol–water partition coefficient (Wildman–Crippen LogP) is 5.06. The van der Waals surface area contributed by atoms with Crippen LogP contribution in [0.2, 0.25) is 0 Å². The zero-order valence-corrected chi connectivity index (χ0v) is 17.7. The van der Waals surface area contributed by atoms with Crippen molar-refractivity contribution in [3.05, 3.63) is 29.8 Å². The summed E-state index contributed by atoms with van der Waals surface area (Å²) in [6.07, 6.45) is 8.97. The lowest BCUT2D eigenvalue weighted by Crippen LogP contribution is -2.25. The Morgan fingerprint density at radius 1 is 0.966 bits per heavy atom. The number of nitrogens with zero attached hydrogens (tertiary/aromatic N) is 3. The second-order valence-corrected chi connectivity index (χ2v) is 7.67. The van der Waals surface area contributed by atoms with Gasteiger partial charge in [-0.15, -0.1) is 0 Å². The summed E-state index contributed by atoms with van der Waals surface area (Å²) in [6.45, 7) is 5.78. The van der Waals surface area contributed by atoms with Crippen LogP contribution in [0.25, 0.3) is 22.2 Å². The summed E-state index contributed by atoms with van der Waals surface area (Å²) in [5, 5.41) is 3.03. The van der Waals surface area contributed by atoms with Gasteiger partial charge in [-0.2, -0.15) is 0 Å². The molecule has 3 aromatic rings. The van der Waals surface area contributed by atoms with Gasteiger partial charge < -0.3 is 15.6 Å². The molecule has 0 saturated carbocycles. The minimum Gasteiger partial charge on any atom is -0.384 e. The Bertz CT molecular complexity index is 963. The molecule has 0 spiro atoms. The number of anilines is 1. The van der Waals surface area contributed by atoms with Crippen molar-refractivity contribution in [3.63, 3.8) is 0 Å². The number of fused-ring (bicyclic) bond motifs is 2. The number of aryl methyl sites for hydroxylation is 1. The largest absolute Gasteiger partial charge is 0.384 e. The highest BCUT2D eigenvalue weighted by Crippen LogP contribution is 2.28. The van der Waals surface area contributed by atoms with E-state index in [2.05, 4.69) is 19.2 Å². The monoisotopic (exact) mass is 395 g/mol. The second kappa shape index (κ2) is 10.2. The van der Waals surface area contributed by atoms with Crippen LogP contribution in [-0.4, -0.2) is 27.0 Å². The van der Waals surface area contributed by atoms with Crippen LogP contribution < -0.4 is 11.1 Å². The van der Waals surface area contributed by atoms with E-state index in [0.717, 1.165) is 43.3 Å². The zero-order chi connectivity index (χ0) is 20.6. The second-order valence-electron chi connectivity index (χ2n) is 7.67. The summed E-state index contributed by atoms with van der Waals surface area (Å²) in [6, 6.07) is 7.74. The molecule has 29 heavy (non-hydrogen) atoms. The number of benzene rings is 1. The lowest BCUT2D eigenvalue weighted by atomic mass is 10.2. The predicted molar refractivity (Wildman–Crippen MR) is 120 cm³/mol. The Hall–Kier alpha value is -2.63. The van der Waals surface area contributed by atoms with Crippen LogP contribution in [0.3, 0.4) is 0 Å². The van der Waals surface area contributed by atoms with E-state index in [4.69, 9.17) is 15.7 Å². The van der Waals surface area contributed by atoms with E-state index in [-0.39, 0.29) is 5.91 Å². The van der Waals surface area contributed by atoms with Crippen LogP contribution in [0.5, 0.6) is 0 Å². The Kier molecular flexibility index (Phi) is 7.44. The van der Waals surface area contributed by atoms with Gasteiger partial charge in [0.1, 0.15) is 16.9 Å². The third-order valence-electron chi connectivity index (χ3n) is 5.37. The number of carbonyl (C=O) groups is 1. The van der Waals surface area contributed by atoms with Crippen molar-refractivity contribution in [1.29, 1.82) is 0 Å². The van der Waals surface area contributed by atoms with Crippen molar-refractivity contribution in [3.8, 4) is 0 Å². The third kappa shape index (κ3) is 4.86. The first-order valence-electron chi connectivity index (χ1n) is 11.0. The molecule has 0 aliphatic rings. The smallest absolute Gasteiger partial charge is 0.257 e. The van der Waals surface area contributed by atoms with E-state index in [9.17, 15) is 4.79 Å². The average Bonchev–Trinajstić information content (AvgIpc) is 2.99. The van der Waals surface area contributed by atoms with Crippen LogP contribution in [0.15, 0.2) is 24.3 Å². The molecule has 0 aliphatic carbocycles. The molecule has 0 radical (unpaired) electrons. The van der Waals surface area contributed by atoms with Gasteiger partial charge in [-0.25, -0.2) is 9.97 Å². The first kappa shape index (κ1) is 21.1. The van der Waals surface area contributed by atoms with Crippen LogP contribution in [0, 0.1) is 0 Å². The molecule has 2 aromatic heterocycles. The number of unbranched alkanes of at least 4 members (excludes halogenated alkanes) is 6. The van der Waals surface area contributed by atoms with E-state index in [0.29, 0.717) is 29.1 Å². The SMILES string of the molecule is CCCCCCNC(=O)c1c(N)n(CCCCCC)c2nc3ccccc3nc12. The van der Waals surface area contributed by atoms with Crippen molar-refractivity contribution in [2.24, 2.45) is 0 Å². The molecule has 3 N–H and O–H groups in total. The molecule has 2 heterocycles. The lowest BCUT2D eigenvalue weighted by molar-refractivity contribution is 0.0955. The van der Waals surface area contributed by atoms with Gasteiger partial charge in [-0.3, -0.25) is 4.79 Å². The van der Waals surface area contributed by atoms with Crippen LogP contribution >= 0.6 is 0 Å². The number of hydrogen-bond acceptors (Lipinski definition) is 4. The molecule has 0 unspecified atom stereocenters. The molecule has 0 atom stereocenters. The summed E-state index contributed by atoms with van der Waals surface area (Å²) in [5.74, 6) is 0.318. The highest BCUT2D eigenvalue weighted by atomic mass is 16.1. The van der Waals surface area contributed by atoms with Crippen molar-refractivity contribution in [1.82, 2.24) is 19.9 Å². The fraction of sp³-hybridized carbons (Fsp3) is 0.522. The van der Waals surface area contributed by atoms with E-state index < -0.39 is 0 Å². The number of para-hydroxylation sites is 2. The van der Waals surface area contributed by atoms with Crippen molar-refractivity contribution in [2.75, 3.05) is 12.3 Å². The highest BCUT2D eigenvalue weighted by molar-refractivity contribution is 6.10. The number of rotatable bonds is 11. The Morgan fingerprint density at radius 3 is 2.31 bits per heavy atom. The Morgan fingerprint density at radius 2 is 1.62 bits per heavy atom.